The Morgan fingerprint density at radius 3 is 2.69 bits per heavy atom. The molecule has 7 heteroatoms. The van der Waals surface area contributed by atoms with Crippen molar-refractivity contribution in [2.45, 2.75) is 32.1 Å². The molecule has 26 heavy (non-hydrogen) atoms. The van der Waals surface area contributed by atoms with Crippen LogP contribution >= 0.6 is 0 Å². The first-order chi connectivity index (χ1) is 12.5. The van der Waals surface area contributed by atoms with Gasteiger partial charge in [0.2, 0.25) is 5.91 Å². The molecular weight excluding hydrogens is 339 g/mol. The van der Waals surface area contributed by atoms with Crippen LogP contribution in [0.5, 0.6) is 0 Å². The molecule has 1 saturated heterocycles. The van der Waals surface area contributed by atoms with Gasteiger partial charge >= 0.3 is 5.97 Å². The number of hydrogen-bond donors (Lipinski definition) is 1. The molecule has 0 atom stereocenters. The van der Waals surface area contributed by atoms with E-state index in [2.05, 4.69) is 4.98 Å². The fourth-order valence-corrected chi connectivity index (χ4v) is 3.22. The number of carboxylic acid groups (broad SMARTS) is 1. The number of aryl methyl sites for hydroxylation is 1. The Bertz CT molecular complexity index is 781. The third kappa shape index (κ3) is 4.47. The molecule has 2 aromatic rings. The van der Waals surface area contributed by atoms with Gasteiger partial charge in [0, 0.05) is 32.4 Å². The lowest BCUT2D eigenvalue weighted by Gasteiger charge is -2.31. The standard InChI is InChI=1S/C19H21FN2O4/c20-15-4-2-1-3-14(15)16-12-21-17(26-16)5-6-18(23)22-9-7-13(8-10-22)11-19(24)25/h1-4,12-13H,5-11H2,(H,24,25). The minimum Gasteiger partial charge on any atom is -0.481 e. The summed E-state index contributed by atoms with van der Waals surface area (Å²) in [7, 11) is 0. The molecule has 2 heterocycles. The van der Waals surface area contributed by atoms with Crippen LogP contribution in [0.1, 0.15) is 31.6 Å². The van der Waals surface area contributed by atoms with Gasteiger partial charge in [-0.2, -0.15) is 0 Å². The Labute approximate surface area is 150 Å². The molecule has 0 saturated carbocycles. The summed E-state index contributed by atoms with van der Waals surface area (Å²) in [5.74, 6) is -0.270. The fourth-order valence-electron chi connectivity index (χ4n) is 3.22. The van der Waals surface area contributed by atoms with E-state index in [9.17, 15) is 14.0 Å². The van der Waals surface area contributed by atoms with E-state index in [1.165, 1.54) is 12.3 Å². The molecule has 1 aromatic carbocycles. The summed E-state index contributed by atoms with van der Waals surface area (Å²) in [5, 5.41) is 8.83. The summed E-state index contributed by atoms with van der Waals surface area (Å²) in [4.78, 5) is 28.9. The molecule has 1 fully saturated rings. The third-order valence-electron chi connectivity index (χ3n) is 4.68. The zero-order chi connectivity index (χ0) is 18.5. The van der Waals surface area contributed by atoms with Gasteiger partial charge in [0.1, 0.15) is 5.82 Å². The van der Waals surface area contributed by atoms with E-state index in [0.717, 1.165) is 0 Å². The van der Waals surface area contributed by atoms with Gasteiger partial charge in [-0.25, -0.2) is 9.37 Å². The molecule has 0 unspecified atom stereocenters. The summed E-state index contributed by atoms with van der Waals surface area (Å²) in [6, 6.07) is 6.30. The fraction of sp³-hybridized carbons (Fsp3) is 0.421. The summed E-state index contributed by atoms with van der Waals surface area (Å²) in [5.41, 5.74) is 0.345. The topological polar surface area (TPSA) is 83.6 Å². The maximum Gasteiger partial charge on any atom is 0.303 e. The van der Waals surface area contributed by atoms with Gasteiger partial charge in [0.25, 0.3) is 0 Å². The number of piperidine rings is 1. The number of carboxylic acids is 1. The first-order valence-electron chi connectivity index (χ1n) is 8.72. The van der Waals surface area contributed by atoms with E-state index >= 15 is 0 Å². The second kappa shape index (κ2) is 8.12. The lowest BCUT2D eigenvalue weighted by Crippen LogP contribution is -2.39. The summed E-state index contributed by atoms with van der Waals surface area (Å²) in [6.07, 6.45) is 3.68. The molecule has 0 radical (unpaired) electrons. The van der Waals surface area contributed by atoms with E-state index in [4.69, 9.17) is 9.52 Å². The lowest BCUT2D eigenvalue weighted by atomic mass is 9.93. The van der Waals surface area contributed by atoms with Gasteiger partial charge in [-0.3, -0.25) is 9.59 Å². The van der Waals surface area contributed by atoms with Crippen molar-refractivity contribution in [2.24, 2.45) is 5.92 Å². The molecule has 1 aliphatic heterocycles. The smallest absolute Gasteiger partial charge is 0.303 e. The van der Waals surface area contributed by atoms with Crippen molar-refractivity contribution in [1.29, 1.82) is 0 Å². The predicted molar refractivity (Wildman–Crippen MR) is 91.8 cm³/mol. The van der Waals surface area contributed by atoms with Gasteiger partial charge in [-0.05, 0) is 30.9 Å². The third-order valence-corrected chi connectivity index (χ3v) is 4.68. The van der Waals surface area contributed by atoms with Crippen molar-refractivity contribution in [1.82, 2.24) is 9.88 Å². The Balaban J connectivity index is 1.50. The highest BCUT2D eigenvalue weighted by atomic mass is 19.1. The highest BCUT2D eigenvalue weighted by molar-refractivity contribution is 5.76. The van der Waals surface area contributed by atoms with E-state index < -0.39 is 5.97 Å². The Hall–Kier alpha value is -2.70. The highest BCUT2D eigenvalue weighted by Crippen LogP contribution is 2.24. The molecule has 0 bridgehead atoms. The van der Waals surface area contributed by atoms with E-state index in [-0.39, 0.29) is 30.5 Å². The molecule has 1 aromatic heterocycles. The number of amides is 1. The van der Waals surface area contributed by atoms with Gasteiger partial charge in [0.05, 0.1) is 11.8 Å². The number of aliphatic carboxylic acids is 1. The average molecular weight is 360 g/mol. The molecule has 138 valence electrons. The van der Waals surface area contributed by atoms with E-state index in [0.29, 0.717) is 49.6 Å². The number of carbonyl (C=O) groups excluding carboxylic acids is 1. The van der Waals surface area contributed by atoms with Crippen molar-refractivity contribution in [2.75, 3.05) is 13.1 Å². The Morgan fingerprint density at radius 1 is 1.27 bits per heavy atom. The summed E-state index contributed by atoms with van der Waals surface area (Å²) in [6.45, 7) is 1.17. The van der Waals surface area contributed by atoms with Crippen LogP contribution in [0.4, 0.5) is 4.39 Å². The minimum absolute atomic E-state index is 0.00409. The van der Waals surface area contributed by atoms with Crippen molar-refractivity contribution >= 4 is 11.9 Å². The predicted octanol–water partition coefficient (Wildman–Crippen LogP) is 3.13. The van der Waals surface area contributed by atoms with Crippen LogP contribution < -0.4 is 0 Å². The first-order valence-corrected chi connectivity index (χ1v) is 8.72. The van der Waals surface area contributed by atoms with Crippen molar-refractivity contribution in [3.05, 3.63) is 42.2 Å². The monoisotopic (exact) mass is 360 g/mol. The molecule has 0 aliphatic carbocycles. The van der Waals surface area contributed by atoms with Gasteiger partial charge in [0.15, 0.2) is 11.7 Å². The maximum atomic E-state index is 13.8. The zero-order valence-corrected chi connectivity index (χ0v) is 14.4. The average Bonchev–Trinajstić information content (AvgIpc) is 3.09. The quantitative estimate of drug-likeness (QED) is 0.856. The number of aromatic nitrogens is 1. The largest absolute Gasteiger partial charge is 0.481 e. The van der Waals surface area contributed by atoms with Gasteiger partial charge < -0.3 is 14.4 Å². The molecule has 1 aliphatic rings. The molecule has 6 nitrogen and oxygen atoms in total. The molecule has 3 rings (SSSR count). The highest BCUT2D eigenvalue weighted by Gasteiger charge is 2.24. The normalized spacial score (nSPS) is 15.2. The number of carbonyl (C=O) groups is 2. The van der Waals surface area contributed by atoms with E-state index in [1.807, 2.05) is 0 Å². The number of nitrogens with zero attached hydrogens (tertiary/aromatic N) is 2. The summed E-state index contributed by atoms with van der Waals surface area (Å²) < 4.78 is 19.3. The maximum absolute atomic E-state index is 13.8. The van der Waals surface area contributed by atoms with Gasteiger partial charge in [-0.1, -0.05) is 12.1 Å². The zero-order valence-electron chi connectivity index (χ0n) is 14.4. The molecule has 1 amide bonds. The first kappa shape index (κ1) is 18.1. The van der Waals surface area contributed by atoms with E-state index in [1.54, 1.807) is 23.1 Å². The minimum atomic E-state index is -0.788. The van der Waals surface area contributed by atoms with Crippen molar-refractivity contribution < 1.29 is 23.5 Å². The molecule has 0 spiro atoms. The van der Waals surface area contributed by atoms with Crippen molar-refractivity contribution in [3.63, 3.8) is 0 Å². The van der Waals surface area contributed by atoms with Crippen LogP contribution in [-0.4, -0.2) is 40.0 Å². The SMILES string of the molecule is O=C(O)CC1CCN(C(=O)CCc2ncc(-c3ccccc3F)o2)CC1. The Morgan fingerprint density at radius 2 is 2.00 bits per heavy atom. The lowest BCUT2D eigenvalue weighted by molar-refractivity contribution is -0.138. The van der Waals surface area contributed by atoms with Crippen LogP contribution in [-0.2, 0) is 16.0 Å². The van der Waals surface area contributed by atoms with Crippen LogP contribution in [0.3, 0.4) is 0 Å². The van der Waals surface area contributed by atoms with Crippen LogP contribution in [0.25, 0.3) is 11.3 Å². The van der Waals surface area contributed by atoms with Crippen LogP contribution in [0.2, 0.25) is 0 Å². The number of hydrogen-bond acceptors (Lipinski definition) is 4. The van der Waals surface area contributed by atoms with Crippen LogP contribution in [0, 0.1) is 11.7 Å². The summed E-state index contributed by atoms with van der Waals surface area (Å²) >= 11 is 0. The Kier molecular flexibility index (Phi) is 5.65. The number of oxazole rings is 1. The molecular formula is C19H21FN2O4. The second-order valence-corrected chi connectivity index (χ2v) is 6.52. The van der Waals surface area contributed by atoms with Gasteiger partial charge in [-0.15, -0.1) is 0 Å². The second-order valence-electron chi connectivity index (χ2n) is 6.52. The van der Waals surface area contributed by atoms with Crippen LogP contribution in [0.15, 0.2) is 34.9 Å². The molecule has 1 N–H and O–H groups in total. The number of halogens is 1. The number of likely N-dealkylation sites (tertiary alicyclic amines) is 1. The number of benzene rings is 1. The van der Waals surface area contributed by atoms with Crippen molar-refractivity contribution in [3.8, 4) is 11.3 Å². The number of rotatable bonds is 6.